The Bertz CT molecular complexity index is 899. The van der Waals surface area contributed by atoms with Gasteiger partial charge < -0.3 is 4.43 Å². The summed E-state index contributed by atoms with van der Waals surface area (Å²) in [6, 6.07) is 33.8. The predicted octanol–water partition coefficient (Wildman–Crippen LogP) is 6.41. The first-order valence-corrected chi connectivity index (χ1v) is 17.2. The Morgan fingerprint density at radius 3 is 1.62 bits per heavy atom. The van der Waals surface area contributed by atoms with Gasteiger partial charge in [0, 0.05) is 12.5 Å². The average Bonchev–Trinajstić information content (AvgIpc) is 3.35. The Morgan fingerprint density at radius 1 is 0.781 bits per heavy atom. The summed E-state index contributed by atoms with van der Waals surface area (Å²) in [5, 5.41) is 4.41. The molecule has 0 N–H and O–H groups in total. The minimum Gasteiger partial charge on any atom is -0.417 e. The van der Waals surface area contributed by atoms with E-state index in [4.69, 9.17) is 4.43 Å². The highest BCUT2D eigenvalue weighted by Crippen LogP contribution is 2.57. The lowest BCUT2D eigenvalue weighted by Gasteiger charge is -2.34. The zero-order valence-electron chi connectivity index (χ0n) is 19.7. The molecule has 1 aliphatic rings. The Balaban J connectivity index is 1.86. The summed E-state index contributed by atoms with van der Waals surface area (Å²) >= 11 is 0. The number of hydrogen-bond acceptors (Lipinski definition) is 1. The maximum Gasteiger partial charge on any atom is 0.183 e. The molecular weight excluding hydrogens is 423 g/mol. The third-order valence-electron chi connectivity index (χ3n) is 6.49. The molecule has 0 saturated heterocycles. The molecule has 2 atom stereocenters. The molecule has 32 heavy (non-hydrogen) atoms. The van der Waals surface area contributed by atoms with Crippen LogP contribution < -0.4 is 15.9 Å². The van der Waals surface area contributed by atoms with Crippen molar-refractivity contribution < 1.29 is 4.43 Å². The van der Waals surface area contributed by atoms with Gasteiger partial charge in [-0.3, -0.25) is 0 Å². The van der Waals surface area contributed by atoms with Crippen LogP contribution in [0.15, 0.2) is 103 Å². The third kappa shape index (κ3) is 5.31. The Hall–Kier alpha value is -1.99. The molecule has 0 spiro atoms. The van der Waals surface area contributed by atoms with Gasteiger partial charge in [0.15, 0.2) is 8.32 Å². The van der Waals surface area contributed by atoms with E-state index >= 15 is 0 Å². The minimum atomic E-state index is -1.84. The molecule has 166 valence electrons. The van der Waals surface area contributed by atoms with Crippen LogP contribution in [0.5, 0.6) is 0 Å². The van der Waals surface area contributed by atoms with Crippen LogP contribution in [0.3, 0.4) is 0 Å². The highest BCUT2D eigenvalue weighted by atomic mass is 31.2. The first-order valence-electron chi connectivity index (χ1n) is 11.8. The third-order valence-corrected chi connectivity index (χ3v) is 12.1. The number of hydrogen-bond donors (Lipinski definition) is 0. The highest BCUT2D eigenvalue weighted by Gasteiger charge is 2.48. The second kappa shape index (κ2) is 10.3. The summed E-state index contributed by atoms with van der Waals surface area (Å²) < 4.78 is 6.58. The molecule has 4 rings (SSSR count). The lowest BCUT2D eigenvalue weighted by Crippen LogP contribution is -2.39. The molecule has 0 aromatic heterocycles. The monoisotopic (exact) mass is 459 g/mol. The molecular formula is C29H36OPSi+. The van der Waals surface area contributed by atoms with Crippen molar-refractivity contribution in [3.63, 3.8) is 0 Å². The van der Waals surface area contributed by atoms with Crippen LogP contribution in [0.25, 0.3) is 0 Å². The van der Waals surface area contributed by atoms with Gasteiger partial charge in [0.2, 0.25) is 0 Å². The molecule has 0 unspecified atom stereocenters. The SMILES string of the molecule is C[Si](C)(C)OC[C@H](C[P+](c1ccccc1)(c1ccccc1)c1ccccc1)[C@@H]1C=CCC1. The molecule has 0 amide bonds. The van der Waals surface area contributed by atoms with Gasteiger partial charge in [0.25, 0.3) is 0 Å². The molecule has 3 heteroatoms. The molecule has 3 aromatic rings. The topological polar surface area (TPSA) is 9.23 Å². The van der Waals surface area contributed by atoms with Crippen molar-refractivity contribution in [2.24, 2.45) is 11.8 Å². The van der Waals surface area contributed by atoms with Crippen LogP contribution in [-0.4, -0.2) is 21.1 Å². The van der Waals surface area contributed by atoms with Crippen LogP contribution in [0.1, 0.15) is 12.8 Å². The highest BCUT2D eigenvalue weighted by molar-refractivity contribution is 7.95. The lowest BCUT2D eigenvalue weighted by molar-refractivity contribution is 0.223. The van der Waals surface area contributed by atoms with Gasteiger partial charge in [-0.15, -0.1) is 0 Å². The zero-order valence-corrected chi connectivity index (χ0v) is 21.5. The fourth-order valence-corrected chi connectivity index (χ4v) is 10.2. The summed E-state index contributed by atoms with van der Waals surface area (Å²) in [7, 11) is -3.44. The minimum absolute atomic E-state index is 0.509. The second-order valence-electron chi connectivity index (χ2n) is 9.85. The molecule has 0 heterocycles. The van der Waals surface area contributed by atoms with Crippen LogP contribution in [0.2, 0.25) is 19.6 Å². The molecule has 1 aliphatic carbocycles. The summed E-state index contributed by atoms with van der Waals surface area (Å²) in [5.74, 6) is 1.11. The zero-order chi connectivity index (χ0) is 22.4. The van der Waals surface area contributed by atoms with Crippen LogP contribution in [0.4, 0.5) is 0 Å². The fraction of sp³-hybridized carbons (Fsp3) is 0.310. The van der Waals surface area contributed by atoms with E-state index in [0.717, 1.165) is 12.8 Å². The van der Waals surface area contributed by atoms with Gasteiger partial charge in [0.05, 0.1) is 6.16 Å². The molecule has 3 aromatic carbocycles. The summed E-state index contributed by atoms with van der Waals surface area (Å²) in [4.78, 5) is 0. The van der Waals surface area contributed by atoms with Crippen molar-refractivity contribution in [2.75, 3.05) is 12.8 Å². The molecule has 0 aliphatic heterocycles. The largest absolute Gasteiger partial charge is 0.417 e. The second-order valence-corrected chi connectivity index (χ2v) is 17.9. The van der Waals surface area contributed by atoms with Crippen LogP contribution >= 0.6 is 7.26 Å². The fourth-order valence-electron chi connectivity index (χ4n) is 4.88. The van der Waals surface area contributed by atoms with E-state index in [-0.39, 0.29) is 0 Å². The van der Waals surface area contributed by atoms with E-state index in [0.29, 0.717) is 11.8 Å². The van der Waals surface area contributed by atoms with Gasteiger partial charge in [-0.2, -0.15) is 0 Å². The molecule has 0 radical (unpaired) electrons. The summed E-state index contributed by atoms with van der Waals surface area (Å²) in [5.41, 5.74) is 0. The maximum atomic E-state index is 6.58. The normalized spacial score (nSPS) is 17.4. The predicted molar refractivity (Wildman–Crippen MR) is 145 cm³/mol. The average molecular weight is 460 g/mol. The van der Waals surface area contributed by atoms with Crippen molar-refractivity contribution in [3.05, 3.63) is 103 Å². The maximum absolute atomic E-state index is 6.58. The van der Waals surface area contributed by atoms with Crippen molar-refractivity contribution in [1.29, 1.82) is 0 Å². The van der Waals surface area contributed by atoms with Crippen molar-refractivity contribution in [2.45, 2.75) is 32.5 Å². The summed E-state index contributed by atoms with van der Waals surface area (Å²) in [6.45, 7) is 7.78. The van der Waals surface area contributed by atoms with Crippen LogP contribution in [0, 0.1) is 11.8 Å². The Labute approximate surface area is 196 Å². The van der Waals surface area contributed by atoms with E-state index in [9.17, 15) is 0 Å². The smallest absolute Gasteiger partial charge is 0.183 e. The van der Waals surface area contributed by atoms with E-state index in [1.165, 1.54) is 28.8 Å². The van der Waals surface area contributed by atoms with E-state index in [1.807, 2.05) is 0 Å². The Morgan fingerprint density at radius 2 is 1.25 bits per heavy atom. The van der Waals surface area contributed by atoms with Gasteiger partial charge in [-0.05, 0) is 74.8 Å². The number of rotatable bonds is 9. The number of allylic oxidation sites excluding steroid dienone is 2. The first kappa shape index (κ1) is 23.2. The quantitative estimate of drug-likeness (QED) is 0.204. The molecule has 0 fully saturated rings. The first-order chi connectivity index (χ1) is 15.5. The van der Waals surface area contributed by atoms with Crippen molar-refractivity contribution in [3.8, 4) is 0 Å². The van der Waals surface area contributed by atoms with Crippen molar-refractivity contribution in [1.82, 2.24) is 0 Å². The molecule has 0 saturated carbocycles. The molecule has 0 bridgehead atoms. The van der Waals surface area contributed by atoms with Gasteiger partial charge in [-0.25, -0.2) is 0 Å². The van der Waals surface area contributed by atoms with Crippen molar-refractivity contribution >= 4 is 31.5 Å². The van der Waals surface area contributed by atoms with Gasteiger partial charge in [-0.1, -0.05) is 66.7 Å². The van der Waals surface area contributed by atoms with Gasteiger partial charge >= 0.3 is 0 Å². The van der Waals surface area contributed by atoms with E-state index in [1.54, 1.807) is 0 Å². The summed E-state index contributed by atoms with van der Waals surface area (Å²) in [6.07, 6.45) is 8.43. The standard InChI is InChI=1S/C29H36OPSi/c1-32(2,3)30-23-26(25-15-13-14-16-25)24-31(27-17-7-4-8-18-27,28-19-9-5-10-20-28)29-21-11-6-12-22-29/h4-13,15,17-22,25-26H,14,16,23-24H2,1-3H3/q+1/t25-,26-/m1/s1. The number of benzene rings is 3. The molecule has 1 nitrogen and oxygen atoms in total. The Kier molecular flexibility index (Phi) is 7.46. The van der Waals surface area contributed by atoms with Gasteiger partial charge in [0.1, 0.15) is 23.2 Å². The van der Waals surface area contributed by atoms with E-state index < -0.39 is 15.6 Å². The lowest BCUT2D eigenvalue weighted by atomic mass is 9.94. The van der Waals surface area contributed by atoms with E-state index in [2.05, 4.69) is 123 Å². The van der Waals surface area contributed by atoms with Crippen LogP contribution in [-0.2, 0) is 4.43 Å².